The third-order valence-electron chi connectivity index (χ3n) is 4.83. The first-order chi connectivity index (χ1) is 11.8. The molecule has 2 aliphatic heterocycles. The molecule has 0 fully saturated rings. The highest BCUT2D eigenvalue weighted by molar-refractivity contribution is 7.93. The van der Waals surface area contributed by atoms with Gasteiger partial charge in [-0.1, -0.05) is 12.1 Å². The molecule has 0 bridgehead atoms. The molecule has 0 saturated carbocycles. The summed E-state index contributed by atoms with van der Waals surface area (Å²) in [4.78, 5) is 26.4. The molecule has 0 aliphatic carbocycles. The van der Waals surface area contributed by atoms with Gasteiger partial charge in [-0.25, -0.2) is 8.42 Å². The Morgan fingerprint density at radius 3 is 2.52 bits per heavy atom. The van der Waals surface area contributed by atoms with Gasteiger partial charge in [0.25, 0.3) is 10.0 Å². The summed E-state index contributed by atoms with van der Waals surface area (Å²) in [5.41, 5.74) is 2.38. The Bertz CT molecular complexity index is 1040. The number of nitrogens with zero attached hydrogens (tertiary/aromatic N) is 2. The van der Waals surface area contributed by atoms with E-state index in [2.05, 4.69) is 0 Å². The quantitative estimate of drug-likeness (QED) is 0.723. The van der Waals surface area contributed by atoms with Crippen LogP contribution in [0.4, 0.5) is 11.4 Å². The molecule has 0 spiro atoms. The van der Waals surface area contributed by atoms with Crippen LogP contribution in [-0.4, -0.2) is 33.7 Å². The van der Waals surface area contributed by atoms with E-state index in [0.717, 1.165) is 9.87 Å². The van der Waals surface area contributed by atoms with Crippen molar-refractivity contribution in [3.05, 3.63) is 53.1 Å². The predicted octanol–water partition coefficient (Wildman–Crippen LogP) is 1.97. The van der Waals surface area contributed by atoms with Crippen molar-refractivity contribution in [3.8, 4) is 0 Å². The van der Waals surface area contributed by atoms with E-state index < -0.39 is 10.0 Å². The van der Waals surface area contributed by atoms with E-state index in [0.29, 0.717) is 29.9 Å². The van der Waals surface area contributed by atoms with E-state index in [1.807, 2.05) is 0 Å². The van der Waals surface area contributed by atoms with Gasteiger partial charge in [0, 0.05) is 37.3 Å². The van der Waals surface area contributed by atoms with Crippen molar-refractivity contribution >= 4 is 33.1 Å². The largest absolute Gasteiger partial charge is 0.312 e. The monoisotopic (exact) mass is 356 g/mol. The molecule has 7 heteroatoms. The number of rotatable bonds is 0. The summed E-state index contributed by atoms with van der Waals surface area (Å²) in [6.07, 6.45) is 0.646. The molecule has 128 valence electrons. The molecular weight excluding hydrogens is 340 g/mol. The zero-order valence-corrected chi connectivity index (χ0v) is 14.6. The zero-order chi connectivity index (χ0) is 17.9. The second kappa shape index (κ2) is 5.16. The molecule has 1 amide bonds. The first-order valence-corrected chi connectivity index (χ1v) is 9.34. The number of carbonyl (C=O) groups is 2. The van der Waals surface area contributed by atoms with Crippen LogP contribution in [0.15, 0.2) is 41.3 Å². The maximum atomic E-state index is 13.0. The Kier molecular flexibility index (Phi) is 3.27. The van der Waals surface area contributed by atoms with Gasteiger partial charge in [0.1, 0.15) is 0 Å². The Morgan fingerprint density at radius 2 is 1.80 bits per heavy atom. The third kappa shape index (κ3) is 2.12. The maximum Gasteiger partial charge on any atom is 0.264 e. The second-order valence-electron chi connectivity index (χ2n) is 6.22. The SMILES string of the molecule is CC(=O)N1CCc2cc3c(cc21)N(C)S(=O)(=O)c1ccccc1C3=O. The maximum absolute atomic E-state index is 13.0. The van der Waals surface area contributed by atoms with Crippen molar-refractivity contribution in [1.29, 1.82) is 0 Å². The zero-order valence-electron chi connectivity index (χ0n) is 13.8. The molecule has 2 heterocycles. The van der Waals surface area contributed by atoms with Gasteiger partial charge in [0.2, 0.25) is 5.91 Å². The van der Waals surface area contributed by atoms with E-state index in [-0.39, 0.29) is 22.1 Å². The van der Waals surface area contributed by atoms with Gasteiger partial charge in [0.05, 0.1) is 10.6 Å². The highest BCUT2D eigenvalue weighted by Gasteiger charge is 2.36. The normalized spacial score (nSPS) is 17.6. The first kappa shape index (κ1) is 15.8. The van der Waals surface area contributed by atoms with Crippen LogP contribution in [-0.2, 0) is 21.2 Å². The van der Waals surface area contributed by atoms with Crippen molar-refractivity contribution in [2.75, 3.05) is 22.8 Å². The minimum atomic E-state index is -3.85. The molecule has 0 atom stereocenters. The van der Waals surface area contributed by atoms with Gasteiger partial charge >= 0.3 is 0 Å². The predicted molar refractivity (Wildman–Crippen MR) is 93.6 cm³/mol. The lowest BCUT2D eigenvalue weighted by molar-refractivity contribution is -0.116. The van der Waals surface area contributed by atoms with Gasteiger partial charge in [-0.15, -0.1) is 0 Å². The Balaban J connectivity index is 2.02. The van der Waals surface area contributed by atoms with Crippen LogP contribution < -0.4 is 9.21 Å². The number of sulfonamides is 1. The van der Waals surface area contributed by atoms with Crippen LogP contribution in [0.25, 0.3) is 0 Å². The van der Waals surface area contributed by atoms with Gasteiger partial charge < -0.3 is 4.90 Å². The Morgan fingerprint density at radius 1 is 1.08 bits per heavy atom. The fourth-order valence-corrected chi connectivity index (χ4v) is 4.89. The molecule has 4 rings (SSSR count). The minimum absolute atomic E-state index is 0.00211. The number of hydrogen-bond donors (Lipinski definition) is 0. The third-order valence-corrected chi connectivity index (χ3v) is 6.66. The van der Waals surface area contributed by atoms with E-state index >= 15 is 0 Å². The van der Waals surface area contributed by atoms with Crippen LogP contribution in [0.1, 0.15) is 28.4 Å². The number of hydrogen-bond acceptors (Lipinski definition) is 4. The second-order valence-corrected chi connectivity index (χ2v) is 8.15. The van der Waals surface area contributed by atoms with Crippen LogP contribution in [0.5, 0.6) is 0 Å². The van der Waals surface area contributed by atoms with Gasteiger partial charge in [0.15, 0.2) is 5.78 Å². The van der Waals surface area contributed by atoms with E-state index in [1.54, 1.807) is 29.2 Å². The molecule has 0 saturated heterocycles. The molecule has 25 heavy (non-hydrogen) atoms. The number of fused-ring (bicyclic) bond motifs is 3. The average molecular weight is 356 g/mol. The molecule has 0 aromatic heterocycles. The molecular formula is C18H16N2O4S. The molecule has 0 unspecified atom stereocenters. The summed E-state index contributed by atoms with van der Waals surface area (Å²) in [5, 5.41) is 0. The lowest BCUT2D eigenvalue weighted by Gasteiger charge is -2.22. The lowest BCUT2D eigenvalue weighted by Crippen LogP contribution is -2.28. The molecule has 0 radical (unpaired) electrons. The summed E-state index contributed by atoms with van der Waals surface area (Å²) in [5.74, 6) is -0.421. The number of ketones is 1. The highest BCUT2D eigenvalue weighted by Crippen LogP contribution is 2.40. The number of carbonyl (C=O) groups excluding carboxylic acids is 2. The fourth-order valence-electron chi connectivity index (χ4n) is 3.50. The van der Waals surface area contributed by atoms with Crippen molar-refractivity contribution in [2.24, 2.45) is 0 Å². The summed E-state index contributed by atoms with van der Waals surface area (Å²) in [6.45, 7) is 2.01. The van der Waals surface area contributed by atoms with Crippen LogP contribution in [0.2, 0.25) is 0 Å². The average Bonchev–Trinajstić information content (AvgIpc) is 3.00. The highest BCUT2D eigenvalue weighted by atomic mass is 32.2. The molecule has 2 aromatic carbocycles. The van der Waals surface area contributed by atoms with Gasteiger partial charge in [-0.05, 0) is 36.2 Å². The summed E-state index contributed by atoms with van der Waals surface area (Å²) >= 11 is 0. The van der Waals surface area contributed by atoms with Crippen molar-refractivity contribution in [2.45, 2.75) is 18.2 Å². The van der Waals surface area contributed by atoms with Crippen LogP contribution in [0.3, 0.4) is 0 Å². The summed E-state index contributed by atoms with van der Waals surface area (Å²) in [6, 6.07) is 9.60. The number of amides is 1. The number of benzene rings is 2. The summed E-state index contributed by atoms with van der Waals surface area (Å²) in [7, 11) is -2.42. The molecule has 2 aliphatic rings. The smallest absolute Gasteiger partial charge is 0.264 e. The summed E-state index contributed by atoms with van der Waals surface area (Å²) < 4.78 is 27.0. The topological polar surface area (TPSA) is 74.8 Å². The Hall–Kier alpha value is -2.67. The van der Waals surface area contributed by atoms with E-state index in [4.69, 9.17) is 0 Å². The van der Waals surface area contributed by atoms with Crippen LogP contribution in [0, 0.1) is 0 Å². The standard InChI is InChI=1S/C18H16N2O4S/c1-11(21)20-8-7-12-9-14-16(10-15(12)20)19(2)25(23,24)17-6-4-3-5-13(17)18(14)22/h3-6,9-10H,7-8H2,1-2H3. The minimum Gasteiger partial charge on any atom is -0.312 e. The van der Waals surface area contributed by atoms with Crippen LogP contribution >= 0.6 is 0 Å². The van der Waals surface area contributed by atoms with Crippen molar-refractivity contribution in [1.82, 2.24) is 0 Å². The van der Waals surface area contributed by atoms with Crippen molar-refractivity contribution in [3.63, 3.8) is 0 Å². The first-order valence-electron chi connectivity index (χ1n) is 7.90. The van der Waals surface area contributed by atoms with Crippen molar-refractivity contribution < 1.29 is 18.0 Å². The van der Waals surface area contributed by atoms with E-state index in [1.165, 1.54) is 26.1 Å². The van der Waals surface area contributed by atoms with Gasteiger partial charge in [-0.2, -0.15) is 0 Å². The van der Waals surface area contributed by atoms with Gasteiger partial charge in [-0.3, -0.25) is 13.9 Å². The fraction of sp³-hybridized carbons (Fsp3) is 0.222. The Labute approximate surface area is 145 Å². The molecule has 6 nitrogen and oxygen atoms in total. The van der Waals surface area contributed by atoms with E-state index in [9.17, 15) is 18.0 Å². The molecule has 2 aromatic rings. The molecule has 0 N–H and O–H groups in total. The lowest BCUT2D eigenvalue weighted by atomic mass is 9.98. The number of anilines is 2.